The Kier molecular flexibility index (Phi) is 49.1. The molecule has 0 aromatic carbocycles. The fourth-order valence-corrected chi connectivity index (χ4v) is 13.1. The number of unbranched alkanes of at least 4 members (excludes halogenated alkanes) is 33. The van der Waals surface area contributed by atoms with Gasteiger partial charge in [0.05, 0.1) is 13.2 Å². The van der Waals surface area contributed by atoms with E-state index in [4.69, 9.17) is 42.2 Å². The molecule has 25 heteroatoms. The predicted octanol–water partition coefficient (Wildman–Crippen LogP) is 9.90. The molecule has 0 aromatic rings. The van der Waals surface area contributed by atoms with Crippen molar-refractivity contribution in [3.8, 4) is 0 Å². The zero-order valence-corrected chi connectivity index (χ0v) is 59.8. The Morgan fingerprint density at radius 3 is 1.24 bits per heavy atom. The number of carbonyl (C=O) groups is 3. The molecule has 2 saturated heterocycles. The minimum absolute atomic E-state index is 0.00409. The molecular weight excluding hydrogens is 1280 g/mol. The third-order valence-electron chi connectivity index (χ3n) is 18.3. The summed E-state index contributed by atoms with van der Waals surface area (Å²) in [5, 5.41) is 110. The first-order valence-electron chi connectivity index (χ1n) is 37.3. The van der Waals surface area contributed by atoms with Gasteiger partial charge in [-0.1, -0.05) is 237 Å². The molecule has 2 aliphatic heterocycles. The summed E-state index contributed by atoms with van der Waals surface area (Å²) in [5.41, 5.74) is 0. The van der Waals surface area contributed by atoms with Crippen molar-refractivity contribution < 1.29 is 117 Å². The lowest BCUT2D eigenvalue weighted by atomic mass is 9.84. The number of aliphatic hydroxyl groups excluding tert-OH is 10. The smallest absolute Gasteiger partial charge is 0.463 e. The highest BCUT2D eigenvalue weighted by molar-refractivity contribution is 7.47. The molecule has 0 aromatic heterocycles. The number of allylic oxidation sites excluding steroid dienone is 5. The van der Waals surface area contributed by atoms with E-state index in [0.29, 0.717) is 12.8 Å². The van der Waals surface area contributed by atoms with Gasteiger partial charge in [0, 0.05) is 18.9 Å². The molecule has 18 unspecified atom stereocenters. The number of esters is 3. The number of carbonyl (C=O) groups excluding carboxylic acids is 3. The molecule has 2 heterocycles. The second-order valence-corrected chi connectivity index (χ2v) is 28.1. The molecule has 11 N–H and O–H groups in total. The van der Waals surface area contributed by atoms with Crippen LogP contribution in [0.1, 0.15) is 271 Å². The van der Waals surface area contributed by atoms with Gasteiger partial charge in [0.25, 0.3) is 0 Å². The lowest BCUT2D eigenvalue weighted by Crippen LogP contribution is -2.69. The topological polar surface area (TPSA) is 374 Å². The van der Waals surface area contributed by atoms with Crippen LogP contribution in [0.3, 0.4) is 0 Å². The van der Waals surface area contributed by atoms with Crippen molar-refractivity contribution in [3.05, 3.63) is 36.5 Å². The first-order chi connectivity index (χ1) is 46.8. The van der Waals surface area contributed by atoms with Crippen LogP contribution in [-0.2, 0) is 61.2 Å². The first-order valence-corrected chi connectivity index (χ1v) is 38.8. The Morgan fingerprint density at radius 1 is 0.423 bits per heavy atom. The van der Waals surface area contributed by atoms with E-state index in [9.17, 15) is 74.9 Å². The van der Waals surface area contributed by atoms with Gasteiger partial charge in [0.2, 0.25) is 0 Å². The Bertz CT molecular complexity index is 2150. The van der Waals surface area contributed by atoms with E-state index in [-0.39, 0.29) is 12.8 Å². The SMILES string of the molecule is CCCCCCCC/C=C\CCCCCC(=O)OCC1OC(OC2C(O)C(O)C(O)C(OC3OC(CO)C(O)C(O)C3O)C2OP(=O)(O)OCC(COC(=O)CCCCCCCCCCCCCCCC)OC(=O)/C=C/C=C/CCCCCCCCCCCCC)C(O)C(O)C1O. The van der Waals surface area contributed by atoms with Crippen molar-refractivity contribution in [2.75, 3.05) is 26.4 Å². The maximum Gasteiger partial charge on any atom is 0.472 e. The fourth-order valence-electron chi connectivity index (χ4n) is 12.1. The zero-order chi connectivity index (χ0) is 71.1. The Balaban J connectivity index is 1.77. The molecule has 3 aliphatic rings. The van der Waals surface area contributed by atoms with Crippen molar-refractivity contribution in [1.82, 2.24) is 0 Å². The average molecular weight is 1410 g/mol. The Labute approximate surface area is 578 Å². The number of phosphoric ester groups is 1. The van der Waals surface area contributed by atoms with Crippen LogP contribution < -0.4 is 0 Å². The number of rotatable bonds is 57. The molecule has 18 atom stereocenters. The van der Waals surface area contributed by atoms with Gasteiger partial charge in [0.1, 0.15) is 98.7 Å². The Hall–Kier alpha value is -2.82. The second-order valence-electron chi connectivity index (χ2n) is 26.7. The lowest BCUT2D eigenvalue weighted by molar-refractivity contribution is -0.360. The largest absolute Gasteiger partial charge is 0.472 e. The van der Waals surface area contributed by atoms with E-state index < -0.39 is 156 Å². The molecule has 0 amide bonds. The van der Waals surface area contributed by atoms with E-state index >= 15 is 0 Å². The minimum Gasteiger partial charge on any atom is -0.463 e. The Morgan fingerprint density at radius 2 is 0.794 bits per heavy atom. The van der Waals surface area contributed by atoms with Crippen molar-refractivity contribution in [2.24, 2.45) is 0 Å². The molecular formula is C72H129O24P. The monoisotopic (exact) mass is 1410 g/mol. The predicted molar refractivity (Wildman–Crippen MR) is 365 cm³/mol. The zero-order valence-electron chi connectivity index (χ0n) is 58.9. The summed E-state index contributed by atoms with van der Waals surface area (Å²) in [4.78, 5) is 50.8. The van der Waals surface area contributed by atoms with Crippen LogP contribution in [0.25, 0.3) is 0 Å². The summed E-state index contributed by atoms with van der Waals surface area (Å²) < 4.78 is 64.7. The molecule has 566 valence electrons. The molecule has 97 heavy (non-hydrogen) atoms. The second kappa shape index (κ2) is 53.9. The fraction of sp³-hybridized carbons (Fsp3) is 0.875. The average Bonchev–Trinajstić information content (AvgIpc) is 0.764. The molecule has 3 rings (SSSR count). The van der Waals surface area contributed by atoms with Gasteiger partial charge in [-0.15, -0.1) is 0 Å². The summed E-state index contributed by atoms with van der Waals surface area (Å²) in [6, 6.07) is 0. The summed E-state index contributed by atoms with van der Waals surface area (Å²) in [6.07, 6.45) is 15.7. The van der Waals surface area contributed by atoms with Crippen molar-refractivity contribution in [3.63, 3.8) is 0 Å². The summed E-state index contributed by atoms with van der Waals surface area (Å²) in [7, 11) is -5.72. The van der Waals surface area contributed by atoms with Gasteiger partial charge in [-0.3, -0.25) is 18.6 Å². The third kappa shape index (κ3) is 37.3. The van der Waals surface area contributed by atoms with E-state index in [1.807, 2.05) is 6.08 Å². The van der Waals surface area contributed by atoms with Gasteiger partial charge in [-0.25, -0.2) is 9.36 Å². The van der Waals surface area contributed by atoms with Gasteiger partial charge in [-0.05, 0) is 51.4 Å². The highest BCUT2D eigenvalue weighted by atomic mass is 31.2. The normalized spacial score (nSPS) is 28.0. The van der Waals surface area contributed by atoms with Crippen molar-refractivity contribution in [1.29, 1.82) is 0 Å². The summed E-state index contributed by atoms with van der Waals surface area (Å²) in [6.45, 7) is 3.31. The first kappa shape index (κ1) is 88.4. The molecule has 1 aliphatic carbocycles. The van der Waals surface area contributed by atoms with E-state index in [1.165, 1.54) is 141 Å². The number of ether oxygens (including phenoxy) is 7. The van der Waals surface area contributed by atoms with E-state index in [0.717, 1.165) is 96.0 Å². The molecule has 0 spiro atoms. The van der Waals surface area contributed by atoms with Gasteiger partial charge >= 0.3 is 25.7 Å². The van der Waals surface area contributed by atoms with Crippen LogP contribution in [-0.4, -0.2) is 204 Å². The highest BCUT2D eigenvalue weighted by Gasteiger charge is 2.58. The minimum atomic E-state index is -5.72. The van der Waals surface area contributed by atoms with E-state index in [2.05, 4.69) is 32.9 Å². The quantitative estimate of drug-likeness (QED) is 0.00513. The number of aliphatic hydroxyl groups is 10. The van der Waals surface area contributed by atoms with Crippen LogP contribution >= 0.6 is 7.82 Å². The van der Waals surface area contributed by atoms with Crippen molar-refractivity contribution in [2.45, 2.75) is 375 Å². The maximum atomic E-state index is 14.3. The summed E-state index contributed by atoms with van der Waals surface area (Å²) >= 11 is 0. The van der Waals surface area contributed by atoms with Gasteiger partial charge < -0.3 is 89.1 Å². The molecule has 0 bridgehead atoms. The molecule has 0 radical (unpaired) electrons. The standard InChI is InChI=1S/C72H129O24P/c1-4-7-10-13-16-19-22-25-27-30-33-36-39-42-45-48-58(76)91-53(50-88-56(74)46-43-40-37-34-32-29-26-23-20-17-14-11-8-5-2)51-90-97(86,87)96-70-68(94-71-66(84)61(79)59(77)54(49-73)92-71)64(82)63(81)65(83)69(70)95-72-67(85)62(80)60(78)55(93-72)52-89-57(75)47-44-41-38-35-31-28-24-21-18-15-12-9-6-3/h28,31,39,42,45,48,53-55,59-73,77-85H,4-27,29-30,32-38,40-41,43-44,46-47,49-52H2,1-3H3,(H,86,87)/b31-28-,42-39+,48-45+. The van der Waals surface area contributed by atoms with Gasteiger partial charge in [-0.2, -0.15) is 0 Å². The number of phosphoric acid groups is 1. The molecule has 24 nitrogen and oxygen atoms in total. The number of hydrogen-bond donors (Lipinski definition) is 11. The van der Waals surface area contributed by atoms with Crippen LogP contribution in [0, 0.1) is 0 Å². The maximum absolute atomic E-state index is 14.3. The van der Waals surface area contributed by atoms with Crippen LogP contribution in [0.5, 0.6) is 0 Å². The lowest BCUT2D eigenvalue weighted by Gasteiger charge is -2.49. The van der Waals surface area contributed by atoms with Crippen LogP contribution in [0.15, 0.2) is 36.5 Å². The third-order valence-corrected chi connectivity index (χ3v) is 19.2. The highest BCUT2D eigenvalue weighted by Crippen LogP contribution is 2.49. The van der Waals surface area contributed by atoms with Crippen LogP contribution in [0.2, 0.25) is 0 Å². The molecule has 3 fully saturated rings. The van der Waals surface area contributed by atoms with Crippen molar-refractivity contribution >= 4 is 25.7 Å². The molecule has 1 saturated carbocycles. The van der Waals surface area contributed by atoms with E-state index in [1.54, 1.807) is 6.08 Å². The summed E-state index contributed by atoms with van der Waals surface area (Å²) in [5.74, 6) is -2.26. The number of hydrogen-bond acceptors (Lipinski definition) is 23. The van der Waals surface area contributed by atoms with Gasteiger partial charge in [0.15, 0.2) is 18.7 Å². The van der Waals surface area contributed by atoms with Crippen LogP contribution in [0.4, 0.5) is 0 Å².